The molecule has 0 aromatic heterocycles. The molecule has 0 unspecified atom stereocenters. The van der Waals surface area contributed by atoms with Gasteiger partial charge in [0.05, 0.1) is 0 Å². The molecular formula is C8H16N2O. The normalized spacial score (nSPS) is 9.27. The Morgan fingerprint density at radius 2 is 2.36 bits per heavy atom. The Hall–Kier alpha value is -0.830. The maximum Gasteiger partial charge on any atom is 0.226 e. The molecule has 0 spiro atoms. The highest BCUT2D eigenvalue weighted by atomic mass is 16.2. The van der Waals surface area contributed by atoms with Gasteiger partial charge in [0.1, 0.15) is 0 Å². The minimum atomic E-state index is 0.105. The first-order chi connectivity index (χ1) is 5.22. The molecule has 2 N–H and O–H groups in total. The Morgan fingerprint density at radius 3 is 2.82 bits per heavy atom. The Labute approximate surface area is 67.9 Å². The summed E-state index contributed by atoms with van der Waals surface area (Å²) in [7, 11) is 1.78. The minimum absolute atomic E-state index is 0.105. The van der Waals surface area contributed by atoms with Crippen molar-refractivity contribution >= 4 is 5.91 Å². The van der Waals surface area contributed by atoms with Gasteiger partial charge < -0.3 is 10.6 Å². The molecule has 0 saturated heterocycles. The summed E-state index contributed by atoms with van der Waals surface area (Å²) in [5, 5.41) is 0. The summed E-state index contributed by atoms with van der Waals surface area (Å²) in [5.74, 6) is 0.105. The molecule has 0 saturated carbocycles. The molecule has 0 heterocycles. The van der Waals surface area contributed by atoms with E-state index >= 15 is 0 Å². The van der Waals surface area contributed by atoms with E-state index in [-0.39, 0.29) is 5.91 Å². The largest absolute Gasteiger partial charge is 0.345 e. The zero-order valence-corrected chi connectivity index (χ0v) is 7.05. The Morgan fingerprint density at radius 1 is 1.73 bits per heavy atom. The van der Waals surface area contributed by atoms with Gasteiger partial charge in [0, 0.05) is 20.0 Å². The fraction of sp³-hybridized carbons (Fsp3) is 0.625. The summed E-state index contributed by atoms with van der Waals surface area (Å²) < 4.78 is 0. The van der Waals surface area contributed by atoms with Crippen molar-refractivity contribution in [1.29, 1.82) is 0 Å². The molecule has 0 aromatic carbocycles. The summed E-state index contributed by atoms with van der Waals surface area (Å²) in [6.07, 6.45) is 2.89. The fourth-order valence-electron chi connectivity index (χ4n) is 0.732. The van der Waals surface area contributed by atoms with Crippen molar-refractivity contribution in [3.8, 4) is 0 Å². The minimum Gasteiger partial charge on any atom is -0.345 e. The zero-order valence-electron chi connectivity index (χ0n) is 7.05. The van der Waals surface area contributed by atoms with E-state index in [1.54, 1.807) is 18.0 Å². The Bertz CT molecular complexity index is 134. The lowest BCUT2D eigenvalue weighted by atomic mass is 10.3. The van der Waals surface area contributed by atoms with Gasteiger partial charge in [0.2, 0.25) is 5.91 Å². The number of rotatable bonds is 5. The van der Waals surface area contributed by atoms with Crippen molar-refractivity contribution in [3.63, 3.8) is 0 Å². The van der Waals surface area contributed by atoms with Crippen LogP contribution in [0.2, 0.25) is 0 Å². The average Bonchev–Trinajstić information content (AvgIpc) is 2.00. The maximum atomic E-state index is 11.1. The van der Waals surface area contributed by atoms with Crippen molar-refractivity contribution < 1.29 is 4.79 Å². The van der Waals surface area contributed by atoms with E-state index in [2.05, 4.69) is 6.58 Å². The van der Waals surface area contributed by atoms with Gasteiger partial charge >= 0.3 is 0 Å². The standard InChI is InChI=1S/C8H16N2O/c1-3-5-8(11)10(2)7-4-6-9/h3H,1,4-7,9H2,2H3. The molecule has 0 fully saturated rings. The van der Waals surface area contributed by atoms with Gasteiger partial charge in [-0.25, -0.2) is 0 Å². The van der Waals surface area contributed by atoms with E-state index in [9.17, 15) is 4.79 Å². The number of carbonyl (C=O) groups is 1. The summed E-state index contributed by atoms with van der Waals surface area (Å²) >= 11 is 0. The molecule has 0 aliphatic carbocycles. The Kier molecular flexibility index (Phi) is 5.47. The quantitative estimate of drug-likeness (QED) is 0.584. The van der Waals surface area contributed by atoms with E-state index < -0.39 is 0 Å². The van der Waals surface area contributed by atoms with E-state index in [0.29, 0.717) is 13.0 Å². The molecule has 0 aromatic rings. The lowest BCUT2D eigenvalue weighted by molar-refractivity contribution is -0.128. The van der Waals surface area contributed by atoms with Crippen LogP contribution in [0.5, 0.6) is 0 Å². The van der Waals surface area contributed by atoms with Crippen LogP contribution in [0.4, 0.5) is 0 Å². The van der Waals surface area contributed by atoms with Gasteiger partial charge in [0.15, 0.2) is 0 Å². The van der Waals surface area contributed by atoms with Crippen LogP contribution >= 0.6 is 0 Å². The first-order valence-electron chi connectivity index (χ1n) is 3.77. The van der Waals surface area contributed by atoms with Crippen LogP contribution in [0.15, 0.2) is 12.7 Å². The first kappa shape index (κ1) is 10.2. The van der Waals surface area contributed by atoms with Crippen LogP contribution in [-0.4, -0.2) is 30.9 Å². The van der Waals surface area contributed by atoms with Gasteiger partial charge in [-0.05, 0) is 13.0 Å². The predicted octanol–water partition coefficient (Wildman–Crippen LogP) is 0.370. The smallest absolute Gasteiger partial charge is 0.226 e. The van der Waals surface area contributed by atoms with Crippen LogP contribution in [-0.2, 0) is 4.79 Å². The van der Waals surface area contributed by atoms with Crippen molar-refractivity contribution in [2.45, 2.75) is 12.8 Å². The molecule has 0 rings (SSSR count). The number of amides is 1. The van der Waals surface area contributed by atoms with Crippen LogP contribution in [0.25, 0.3) is 0 Å². The second kappa shape index (κ2) is 5.92. The predicted molar refractivity (Wildman–Crippen MR) is 46.1 cm³/mol. The van der Waals surface area contributed by atoms with E-state index in [0.717, 1.165) is 13.0 Å². The van der Waals surface area contributed by atoms with Gasteiger partial charge in [-0.15, -0.1) is 6.58 Å². The third kappa shape index (κ3) is 4.56. The van der Waals surface area contributed by atoms with Gasteiger partial charge in [-0.2, -0.15) is 0 Å². The van der Waals surface area contributed by atoms with Gasteiger partial charge in [-0.3, -0.25) is 4.79 Å². The SMILES string of the molecule is C=CCC(=O)N(C)CCCN. The number of nitrogens with two attached hydrogens (primary N) is 1. The number of hydrogen-bond acceptors (Lipinski definition) is 2. The third-order valence-corrected chi connectivity index (χ3v) is 1.44. The molecule has 0 aliphatic rings. The molecule has 64 valence electrons. The summed E-state index contributed by atoms with van der Waals surface area (Å²) in [5.41, 5.74) is 5.29. The summed E-state index contributed by atoms with van der Waals surface area (Å²) in [6.45, 7) is 4.86. The molecule has 3 heteroatoms. The second-order valence-corrected chi connectivity index (χ2v) is 2.45. The highest BCUT2D eigenvalue weighted by Crippen LogP contribution is 1.92. The second-order valence-electron chi connectivity index (χ2n) is 2.45. The van der Waals surface area contributed by atoms with Crippen LogP contribution in [0.1, 0.15) is 12.8 Å². The Balaban J connectivity index is 3.54. The fourth-order valence-corrected chi connectivity index (χ4v) is 0.732. The monoisotopic (exact) mass is 156 g/mol. The van der Waals surface area contributed by atoms with E-state index in [1.165, 1.54) is 0 Å². The zero-order chi connectivity index (χ0) is 8.69. The molecule has 1 amide bonds. The number of nitrogens with zero attached hydrogens (tertiary/aromatic N) is 1. The van der Waals surface area contributed by atoms with Gasteiger partial charge in [-0.1, -0.05) is 6.08 Å². The number of hydrogen-bond donors (Lipinski definition) is 1. The molecule has 11 heavy (non-hydrogen) atoms. The lowest BCUT2D eigenvalue weighted by Crippen LogP contribution is -2.28. The van der Waals surface area contributed by atoms with Crippen molar-refractivity contribution in [3.05, 3.63) is 12.7 Å². The summed E-state index contributed by atoms with van der Waals surface area (Å²) in [4.78, 5) is 12.7. The third-order valence-electron chi connectivity index (χ3n) is 1.44. The van der Waals surface area contributed by atoms with Crippen molar-refractivity contribution in [2.24, 2.45) is 5.73 Å². The molecule has 3 nitrogen and oxygen atoms in total. The average molecular weight is 156 g/mol. The highest BCUT2D eigenvalue weighted by molar-refractivity contribution is 5.77. The maximum absolute atomic E-state index is 11.1. The lowest BCUT2D eigenvalue weighted by Gasteiger charge is -2.14. The highest BCUT2D eigenvalue weighted by Gasteiger charge is 2.03. The molecule has 0 bridgehead atoms. The molecule has 0 radical (unpaired) electrons. The molecule has 0 aliphatic heterocycles. The van der Waals surface area contributed by atoms with Crippen LogP contribution < -0.4 is 5.73 Å². The topological polar surface area (TPSA) is 46.3 Å². The van der Waals surface area contributed by atoms with Crippen LogP contribution in [0, 0.1) is 0 Å². The van der Waals surface area contributed by atoms with Gasteiger partial charge in [0.25, 0.3) is 0 Å². The number of carbonyl (C=O) groups excluding carboxylic acids is 1. The van der Waals surface area contributed by atoms with E-state index in [1.807, 2.05) is 0 Å². The van der Waals surface area contributed by atoms with E-state index in [4.69, 9.17) is 5.73 Å². The summed E-state index contributed by atoms with van der Waals surface area (Å²) in [6, 6.07) is 0. The van der Waals surface area contributed by atoms with Crippen LogP contribution in [0.3, 0.4) is 0 Å². The van der Waals surface area contributed by atoms with Crippen molar-refractivity contribution in [1.82, 2.24) is 4.90 Å². The molecule has 0 atom stereocenters. The molecular weight excluding hydrogens is 140 g/mol. The first-order valence-corrected chi connectivity index (χ1v) is 3.77. The van der Waals surface area contributed by atoms with Crippen molar-refractivity contribution in [2.75, 3.05) is 20.1 Å².